The van der Waals surface area contributed by atoms with Gasteiger partial charge in [0.05, 0.1) is 18.8 Å². The molecule has 6 nitrogen and oxygen atoms in total. The number of benzene rings is 1. The maximum Gasteiger partial charge on any atom is 0.222 e. The van der Waals surface area contributed by atoms with Crippen molar-refractivity contribution in [2.24, 2.45) is 0 Å². The minimum Gasteiger partial charge on any atom is -0.497 e. The lowest BCUT2D eigenvalue weighted by Gasteiger charge is -2.48. The highest BCUT2D eigenvalue weighted by molar-refractivity contribution is 5.76. The highest BCUT2D eigenvalue weighted by Crippen LogP contribution is 2.29. The quantitative estimate of drug-likeness (QED) is 0.865. The van der Waals surface area contributed by atoms with Crippen molar-refractivity contribution >= 4 is 11.6 Å². The van der Waals surface area contributed by atoms with E-state index < -0.39 is 0 Å². The molecule has 1 aromatic carbocycles. The summed E-state index contributed by atoms with van der Waals surface area (Å²) in [4.78, 5) is 17.0. The van der Waals surface area contributed by atoms with E-state index >= 15 is 0 Å². The lowest BCUT2D eigenvalue weighted by atomic mass is 9.97. The van der Waals surface area contributed by atoms with Gasteiger partial charge in [-0.25, -0.2) is 0 Å². The Morgan fingerprint density at radius 2 is 2.04 bits per heavy atom. The first-order valence-electron chi connectivity index (χ1n) is 9.17. The van der Waals surface area contributed by atoms with E-state index in [0.29, 0.717) is 6.42 Å². The van der Waals surface area contributed by atoms with Gasteiger partial charge in [-0.1, -0.05) is 0 Å². The van der Waals surface area contributed by atoms with Crippen molar-refractivity contribution in [2.75, 3.05) is 31.6 Å². The van der Waals surface area contributed by atoms with Crippen LogP contribution in [0, 0.1) is 0 Å². The normalized spacial score (nSPS) is 16.6. The number of carbonyl (C=O) groups excluding carboxylic acids is 1. The van der Waals surface area contributed by atoms with Crippen molar-refractivity contribution in [3.63, 3.8) is 0 Å². The molecule has 26 heavy (non-hydrogen) atoms. The van der Waals surface area contributed by atoms with Gasteiger partial charge in [-0.05, 0) is 56.5 Å². The molecule has 2 heterocycles. The Kier molecular flexibility index (Phi) is 5.49. The van der Waals surface area contributed by atoms with Gasteiger partial charge < -0.3 is 14.5 Å². The number of amides is 1. The Balaban J connectivity index is 1.55. The molecule has 0 unspecified atom stereocenters. The number of aromatic nitrogens is 2. The molecule has 1 saturated heterocycles. The molecule has 1 amide bonds. The number of methoxy groups -OCH3 is 1. The topological polar surface area (TPSA) is 61.5 Å². The van der Waals surface area contributed by atoms with E-state index in [1.54, 1.807) is 7.11 Å². The molecule has 1 aromatic heterocycles. The van der Waals surface area contributed by atoms with Crippen LogP contribution in [0.3, 0.4) is 0 Å². The Labute approximate surface area is 155 Å². The zero-order valence-electron chi connectivity index (χ0n) is 15.9. The van der Waals surface area contributed by atoms with Gasteiger partial charge in [0.25, 0.3) is 0 Å². The summed E-state index contributed by atoms with van der Waals surface area (Å²) >= 11 is 0. The fourth-order valence-electron chi connectivity index (χ4n) is 3.62. The standard InChI is InChI=1S/C20H28N4O2/c1-20(2)15-23(19(25)6-4-5-16-13-21-22-14-16)11-12-24(20)17-7-9-18(26-3)10-8-17/h7-10,13-14H,4-6,11-12,15H2,1-3H3,(H,21,22). The van der Waals surface area contributed by atoms with E-state index in [0.717, 1.165) is 43.8 Å². The van der Waals surface area contributed by atoms with Crippen LogP contribution in [-0.2, 0) is 11.2 Å². The average molecular weight is 356 g/mol. The van der Waals surface area contributed by atoms with E-state index in [1.807, 2.05) is 29.4 Å². The Morgan fingerprint density at radius 3 is 2.65 bits per heavy atom. The summed E-state index contributed by atoms with van der Waals surface area (Å²) in [5.74, 6) is 1.11. The number of aromatic amines is 1. The van der Waals surface area contributed by atoms with Crippen molar-refractivity contribution in [1.82, 2.24) is 15.1 Å². The number of nitrogens with zero attached hydrogens (tertiary/aromatic N) is 3. The van der Waals surface area contributed by atoms with Crippen molar-refractivity contribution in [1.29, 1.82) is 0 Å². The van der Waals surface area contributed by atoms with Crippen molar-refractivity contribution in [3.8, 4) is 5.75 Å². The van der Waals surface area contributed by atoms with Crippen molar-refractivity contribution in [3.05, 3.63) is 42.2 Å². The van der Waals surface area contributed by atoms with Gasteiger partial charge in [-0.15, -0.1) is 0 Å². The molecular weight excluding hydrogens is 328 g/mol. The smallest absolute Gasteiger partial charge is 0.222 e. The third kappa shape index (κ3) is 4.18. The van der Waals surface area contributed by atoms with Crippen LogP contribution in [0.4, 0.5) is 5.69 Å². The van der Waals surface area contributed by atoms with Crippen LogP contribution >= 0.6 is 0 Å². The maximum atomic E-state index is 12.6. The van der Waals surface area contributed by atoms with E-state index in [-0.39, 0.29) is 11.4 Å². The summed E-state index contributed by atoms with van der Waals surface area (Å²) in [6.45, 7) is 6.74. The predicted octanol–water partition coefficient (Wildman–Crippen LogP) is 2.87. The van der Waals surface area contributed by atoms with Crippen LogP contribution < -0.4 is 9.64 Å². The highest BCUT2D eigenvalue weighted by Gasteiger charge is 2.35. The van der Waals surface area contributed by atoms with E-state index in [4.69, 9.17) is 4.74 Å². The molecule has 140 valence electrons. The molecule has 3 rings (SSSR count). The molecule has 0 saturated carbocycles. The number of nitrogens with one attached hydrogen (secondary N) is 1. The third-order valence-corrected chi connectivity index (χ3v) is 5.05. The van der Waals surface area contributed by atoms with Gasteiger partial charge in [0, 0.05) is 37.9 Å². The van der Waals surface area contributed by atoms with Crippen LogP contribution in [0.5, 0.6) is 5.75 Å². The van der Waals surface area contributed by atoms with Gasteiger partial charge in [0.1, 0.15) is 5.75 Å². The van der Waals surface area contributed by atoms with Crippen LogP contribution in [-0.4, -0.2) is 53.3 Å². The molecule has 1 aliphatic heterocycles. The number of H-pyrrole nitrogens is 1. The van der Waals surface area contributed by atoms with Crippen LogP contribution in [0.15, 0.2) is 36.7 Å². The summed E-state index contributed by atoms with van der Waals surface area (Å²) in [7, 11) is 1.68. The lowest BCUT2D eigenvalue weighted by Crippen LogP contribution is -2.60. The van der Waals surface area contributed by atoms with E-state index in [1.165, 1.54) is 5.69 Å². The summed E-state index contributed by atoms with van der Waals surface area (Å²) in [6.07, 6.45) is 6.04. The van der Waals surface area contributed by atoms with Crippen molar-refractivity contribution < 1.29 is 9.53 Å². The minimum atomic E-state index is -0.104. The number of hydrogen-bond acceptors (Lipinski definition) is 4. The monoisotopic (exact) mass is 356 g/mol. The summed E-state index contributed by atoms with van der Waals surface area (Å²) in [5.41, 5.74) is 2.22. The molecule has 0 radical (unpaired) electrons. The van der Waals surface area contributed by atoms with Crippen LogP contribution in [0.1, 0.15) is 32.3 Å². The number of ether oxygens (including phenoxy) is 1. The molecule has 1 aliphatic rings. The zero-order valence-corrected chi connectivity index (χ0v) is 15.9. The molecule has 0 aliphatic carbocycles. The van der Waals surface area contributed by atoms with E-state index in [2.05, 4.69) is 41.1 Å². The number of anilines is 1. The first-order valence-corrected chi connectivity index (χ1v) is 9.17. The number of rotatable bonds is 6. The lowest BCUT2D eigenvalue weighted by molar-refractivity contribution is -0.132. The molecule has 0 bridgehead atoms. The number of carbonyl (C=O) groups is 1. The Morgan fingerprint density at radius 1 is 1.27 bits per heavy atom. The summed E-state index contributed by atoms with van der Waals surface area (Å²) in [6, 6.07) is 8.14. The molecular formula is C20H28N4O2. The second kappa shape index (κ2) is 7.81. The van der Waals surface area contributed by atoms with Crippen LogP contribution in [0.25, 0.3) is 0 Å². The zero-order chi connectivity index (χ0) is 18.6. The summed E-state index contributed by atoms with van der Waals surface area (Å²) in [5, 5.41) is 6.75. The molecule has 1 N–H and O–H groups in total. The van der Waals surface area contributed by atoms with Gasteiger partial charge in [-0.3, -0.25) is 9.89 Å². The molecule has 0 spiro atoms. The third-order valence-electron chi connectivity index (χ3n) is 5.05. The average Bonchev–Trinajstić information content (AvgIpc) is 3.14. The number of piperazine rings is 1. The molecule has 1 fully saturated rings. The van der Waals surface area contributed by atoms with Crippen LogP contribution in [0.2, 0.25) is 0 Å². The van der Waals surface area contributed by atoms with Gasteiger partial charge in [-0.2, -0.15) is 5.10 Å². The molecule has 2 aromatic rings. The fourth-order valence-corrected chi connectivity index (χ4v) is 3.62. The Bertz CT molecular complexity index is 710. The largest absolute Gasteiger partial charge is 0.497 e. The second-order valence-corrected chi connectivity index (χ2v) is 7.44. The van der Waals surface area contributed by atoms with E-state index in [9.17, 15) is 4.79 Å². The second-order valence-electron chi connectivity index (χ2n) is 7.44. The maximum absolute atomic E-state index is 12.6. The first kappa shape index (κ1) is 18.3. The molecule has 0 atom stereocenters. The Hall–Kier alpha value is -2.50. The highest BCUT2D eigenvalue weighted by atomic mass is 16.5. The van der Waals surface area contributed by atoms with Gasteiger partial charge >= 0.3 is 0 Å². The number of aryl methyl sites for hydroxylation is 1. The summed E-state index contributed by atoms with van der Waals surface area (Å²) < 4.78 is 5.24. The molecule has 6 heteroatoms. The van der Waals surface area contributed by atoms with Gasteiger partial charge in [0.2, 0.25) is 5.91 Å². The van der Waals surface area contributed by atoms with Gasteiger partial charge in [0.15, 0.2) is 0 Å². The minimum absolute atomic E-state index is 0.104. The fraction of sp³-hybridized carbons (Fsp3) is 0.500. The SMILES string of the molecule is COc1ccc(N2CCN(C(=O)CCCc3cn[nH]c3)CC2(C)C)cc1. The predicted molar refractivity (Wildman–Crippen MR) is 103 cm³/mol. The number of hydrogen-bond donors (Lipinski definition) is 1. The first-order chi connectivity index (χ1) is 12.5. The van der Waals surface area contributed by atoms with Crippen molar-refractivity contribution in [2.45, 2.75) is 38.6 Å².